The van der Waals surface area contributed by atoms with Crippen molar-refractivity contribution in [1.82, 2.24) is 0 Å². The van der Waals surface area contributed by atoms with Crippen molar-refractivity contribution in [2.45, 2.75) is 13.8 Å². The fourth-order valence-corrected chi connectivity index (χ4v) is 3.28. The number of morpholine rings is 1. The number of ether oxygens (including phenoxy) is 1. The number of amides is 2. The maximum Gasteiger partial charge on any atom is 0.353 e. The number of rotatable bonds is 3. The van der Waals surface area contributed by atoms with Crippen molar-refractivity contribution in [3.63, 3.8) is 0 Å². The van der Waals surface area contributed by atoms with Crippen LogP contribution in [-0.2, 0) is 4.74 Å². The largest absolute Gasteiger partial charge is 0.378 e. The summed E-state index contributed by atoms with van der Waals surface area (Å²) in [7, 11) is 0. The summed E-state index contributed by atoms with van der Waals surface area (Å²) in [5, 5.41) is 6.00. The summed E-state index contributed by atoms with van der Waals surface area (Å²) in [4.78, 5) is 17.2. The Labute approximate surface area is 165 Å². The van der Waals surface area contributed by atoms with Crippen LogP contribution in [0.25, 0.3) is 0 Å². The van der Waals surface area contributed by atoms with Crippen LogP contribution in [0.1, 0.15) is 13.8 Å². The van der Waals surface area contributed by atoms with Crippen LogP contribution in [0.2, 0.25) is 0 Å². The predicted molar refractivity (Wildman–Crippen MR) is 113 cm³/mol. The molecule has 1 saturated heterocycles. The van der Waals surface area contributed by atoms with Crippen LogP contribution < -0.4 is 14.8 Å². The minimum absolute atomic E-state index is 0.207. The molecule has 2 amide bonds. The summed E-state index contributed by atoms with van der Waals surface area (Å²) in [5.41, 5.74) is 4.45. The molecule has 2 aromatic rings. The molecular weight excluding hydrogens is 352 g/mol. The van der Waals surface area contributed by atoms with Crippen LogP contribution in [0.3, 0.4) is 0 Å². The van der Waals surface area contributed by atoms with Crippen molar-refractivity contribution in [1.29, 1.82) is 0 Å². The van der Waals surface area contributed by atoms with Crippen molar-refractivity contribution in [2.24, 2.45) is 5.10 Å². The smallest absolute Gasteiger partial charge is 0.353 e. The SMILES string of the molecule is CC1=CN(c2ccc(N3CCOCC3)cc2)C(=O)N(c2ccccc2)N=C1C. The lowest BCUT2D eigenvalue weighted by atomic mass is 10.2. The van der Waals surface area contributed by atoms with Gasteiger partial charge < -0.3 is 9.64 Å². The molecule has 0 aromatic heterocycles. The third-order valence-corrected chi connectivity index (χ3v) is 5.04. The van der Waals surface area contributed by atoms with Gasteiger partial charge in [0.05, 0.1) is 30.3 Å². The van der Waals surface area contributed by atoms with Gasteiger partial charge in [0, 0.05) is 25.0 Å². The highest BCUT2D eigenvalue weighted by atomic mass is 16.5. The maximum absolute atomic E-state index is 13.3. The van der Waals surface area contributed by atoms with Gasteiger partial charge in [-0.2, -0.15) is 10.1 Å². The molecule has 0 aliphatic carbocycles. The average molecular weight is 376 g/mol. The van der Waals surface area contributed by atoms with Gasteiger partial charge in [0.2, 0.25) is 0 Å². The molecule has 28 heavy (non-hydrogen) atoms. The van der Waals surface area contributed by atoms with Gasteiger partial charge in [-0.05, 0) is 55.8 Å². The first kappa shape index (κ1) is 18.3. The fourth-order valence-electron chi connectivity index (χ4n) is 3.28. The highest BCUT2D eigenvalue weighted by Gasteiger charge is 2.26. The first-order valence-corrected chi connectivity index (χ1v) is 9.48. The van der Waals surface area contributed by atoms with Crippen LogP contribution >= 0.6 is 0 Å². The number of hydrogen-bond donors (Lipinski definition) is 0. The molecule has 6 nitrogen and oxygen atoms in total. The zero-order valence-electron chi connectivity index (χ0n) is 16.2. The van der Waals surface area contributed by atoms with E-state index in [0.717, 1.165) is 54.7 Å². The number of benzene rings is 2. The standard InChI is InChI=1S/C22H24N4O2/c1-17-16-25(20-10-8-19(9-11-20)24-12-14-28-15-13-24)22(27)26(23-18(17)2)21-6-4-3-5-7-21/h3-11,16H,12-15H2,1-2H3. The second-order valence-electron chi connectivity index (χ2n) is 6.91. The summed E-state index contributed by atoms with van der Waals surface area (Å²) in [5.74, 6) is 0. The summed E-state index contributed by atoms with van der Waals surface area (Å²) >= 11 is 0. The zero-order valence-corrected chi connectivity index (χ0v) is 16.2. The highest BCUT2D eigenvalue weighted by Crippen LogP contribution is 2.27. The van der Waals surface area contributed by atoms with E-state index in [9.17, 15) is 4.79 Å². The topological polar surface area (TPSA) is 48.4 Å². The number of carbonyl (C=O) groups is 1. The summed E-state index contributed by atoms with van der Waals surface area (Å²) < 4.78 is 5.42. The number of anilines is 3. The van der Waals surface area contributed by atoms with Crippen LogP contribution in [0.5, 0.6) is 0 Å². The molecule has 2 aliphatic heterocycles. The second-order valence-corrected chi connectivity index (χ2v) is 6.91. The zero-order chi connectivity index (χ0) is 19.5. The van der Waals surface area contributed by atoms with Gasteiger partial charge in [-0.25, -0.2) is 4.79 Å². The normalized spacial score (nSPS) is 17.9. The van der Waals surface area contributed by atoms with Crippen LogP contribution in [0, 0.1) is 0 Å². The second kappa shape index (κ2) is 7.86. The Kier molecular flexibility index (Phi) is 5.12. The molecule has 0 unspecified atom stereocenters. The van der Waals surface area contributed by atoms with Crippen molar-refractivity contribution in [2.75, 3.05) is 41.1 Å². The number of nitrogens with zero attached hydrogens (tertiary/aromatic N) is 4. The third kappa shape index (κ3) is 3.64. The van der Waals surface area contributed by atoms with E-state index in [-0.39, 0.29) is 6.03 Å². The van der Waals surface area contributed by atoms with E-state index >= 15 is 0 Å². The van der Waals surface area contributed by atoms with E-state index in [1.54, 1.807) is 4.90 Å². The van der Waals surface area contributed by atoms with Crippen LogP contribution in [0.15, 0.2) is 71.5 Å². The minimum Gasteiger partial charge on any atom is -0.378 e. The minimum atomic E-state index is -0.207. The molecule has 0 radical (unpaired) electrons. The number of para-hydroxylation sites is 1. The van der Waals surface area contributed by atoms with Crippen molar-refractivity contribution < 1.29 is 9.53 Å². The van der Waals surface area contributed by atoms with Gasteiger partial charge in [0.25, 0.3) is 0 Å². The first-order valence-electron chi connectivity index (χ1n) is 9.48. The van der Waals surface area contributed by atoms with E-state index in [4.69, 9.17) is 4.74 Å². The Morgan fingerprint density at radius 3 is 2.18 bits per heavy atom. The molecular formula is C22H24N4O2. The van der Waals surface area contributed by atoms with E-state index < -0.39 is 0 Å². The van der Waals surface area contributed by atoms with E-state index in [2.05, 4.69) is 22.1 Å². The highest BCUT2D eigenvalue weighted by molar-refractivity contribution is 6.11. The Hall–Kier alpha value is -3.12. The molecule has 0 atom stereocenters. The number of allylic oxidation sites excluding steroid dienone is 1. The lowest BCUT2D eigenvalue weighted by Gasteiger charge is -2.29. The predicted octanol–water partition coefficient (Wildman–Crippen LogP) is 4.25. The Balaban J connectivity index is 1.65. The van der Waals surface area contributed by atoms with Crippen molar-refractivity contribution >= 4 is 28.8 Å². The summed E-state index contributed by atoms with van der Waals surface area (Å²) in [6.45, 7) is 7.15. The molecule has 2 aliphatic rings. The Morgan fingerprint density at radius 1 is 0.857 bits per heavy atom. The third-order valence-electron chi connectivity index (χ3n) is 5.04. The number of carbonyl (C=O) groups excluding carboxylic acids is 1. The molecule has 1 fully saturated rings. The van der Waals surface area contributed by atoms with E-state index in [1.165, 1.54) is 5.01 Å². The number of urea groups is 1. The summed E-state index contributed by atoms with van der Waals surface area (Å²) in [6, 6.07) is 17.4. The lowest BCUT2D eigenvalue weighted by molar-refractivity contribution is 0.122. The maximum atomic E-state index is 13.3. The lowest BCUT2D eigenvalue weighted by Crippen LogP contribution is -2.37. The van der Waals surface area contributed by atoms with Gasteiger partial charge in [0.1, 0.15) is 0 Å². The first-order chi connectivity index (χ1) is 13.6. The molecule has 0 bridgehead atoms. The molecule has 144 valence electrons. The Bertz CT molecular complexity index is 900. The molecule has 0 spiro atoms. The van der Waals surface area contributed by atoms with Gasteiger partial charge in [0.15, 0.2) is 0 Å². The van der Waals surface area contributed by atoms with Crippen molar-refractivity contribution in [3.05, 3.63) is 66.4 Å². The number of hydrazone groups is 1. The van der Waals surface area contributed by atoms with E-state index in [1.807, 2.05) is 62.5 Å². The molecule has 0 saturated carbocycles. The van der Waals surface area contributed by atoms with Gasteiger partial charge in [-0.15, -0.1) is 0 Å². The fraction of sp³-hybridized carbons (Fsp3) is 0.273. The monoisotopic (exact) mass is 376 g/mol. The molecule has 2 aromatic carbocycles. The van der Waals surface area contributed by atoms with Gasteiger partial charge >= 0.3 is 6.03 Å². The van der Waals surface area contributed by atoms with Gasteiger partial charge in [-0.3, -0.25) is 4.90 Å². The van der Waals surface area contributed by atoms with Gasteiger partial charge in [-0.1, -0.05) is 18.2 Å². The molecule has 6 heteroatoms. The van der Waals surface area contributed by atoms with E-state index in [0.29, 0.717) is 0 Å². The molecule has 0 N–H and O–H groups in total. The Morgan fingerprint density at radius 2 is 1.50 bits per heavy atom. The van der Waals surface area contributed by atoms with Crippen LogP contribution in [0.4, 0.5) is 21.9 Å². The quantitative estimate of drug-likeness (QED) is 0.805. The molecule has 4 rings (SSSR count). The van der Waals surface area contributed by atoms with Crippen molar-refractivity contribution in [3.8, 4) is 0 Å². The number of hydrogen-bond acceptors (Lipinski definition) is 4. The summed E-state index contributed by atoms with van der Waals surface area (Å²) in [6.07, 6.45) is 1.86. The van der Waals surface area contributed by atoms with Crippen LogP contribution in [-0.4, -0.2) is 38.0 Å². The average Bonchev–Trinajstić information content (AvgIpc) is 2.86. The molecule has 2 heterocycles.